The lowest BCUT2D eigenvalue weighted by molar-refractivity contribution is 0.0651. The van der Waals surface area contributed by atoms with Gasteiger partial charge in [-0.1, -0.05) is 60.7 Å². The molecule has 35 heavy (non-hydrogen) atoms. The van der Waals surface area contributed by atoms with E-state index >= 15 is 0 Å². The molecule has 0 atom stereocenters. The van der Waals surface area contributed by atoms with Crippen LogP contribution in [-0.4, -0.2) is 34.0 Å². The Balaban J connectivity index is 1.89. The molecule has 5 rings (SSSR count). The molecule has 0 saturated carbocycles. The van der Waals surface area contributed by atoms with Gasteiger partial charge in [-0.25, -0.2) is 9.59 Å². The van der Waals surface area contributed by atoms with E-state index in [1.165, 1.54) is 11.6 Å². The summed E-state index contributed by atoms with van der Waals surface area (Å²) in [5, 5.41) is 20.0. The first-order chi connectivity index (χ1) is 16.7. The van der Waals surface area contributed by atoms with E-state index in [0.29, 0.717) is 17.5 Å². The zero-order valence-corrected chi connectivity index (χ0v) is 18.2. The Hall–Kier alpha value is -4.98. The van der Waals surface area contributed by atoms with Gasteiger partial charge in [0.25, 0.3) is 0 Å². The molecule has 0 radical (unpaired) electrons. The van der Waals surface area contributed by atoms with Crippen molar-refractivity contribution in [2.75, 3.05) is 0 Å². The number of carboxylic acid groups (broad SMARTS) is 2. The maximum atomic E-state index is 12.4. The van der Waals surface area contributed by atoms with Crippen LogP contribution in [-0.2, 0) is 6.42 Å². The van der Waals surface area contributed by atoms with E-state index in [4.69, 9.17) is 11.5 Å². The van der Waals surface area contributed by atoms with Crippen LogP contribution >= 0.6 is 0 Å². The number of hydrogen-bond donors (Lipinski definition) is 4. The molecular weight excluding hydrogens is 448 g/mol. The smallest absolute Gasteiger partial charge is 0.337 e. The predicted molar refractivity (Wildman–Crippen MR) is 129 cm³/mol. The summed E-state index contributed by atoms with van der Waals surface area (Å²) in [5.41, 5.74) is 13.7. The van der Waals surface area contributed by atoms with Gasteiger partial charge in [0.05, 0.1) is 22.3 Å². The molecule has 0 bridgehead atoms. The quantitative estimate of drug-likeness (QED) is 0.309. The number of carbonyl (C=O) groups excluding carboxylic acids is 2. The van der Waals surface area contributed by atoms with E-state index in [9.17, 15) is 29.4 Å². The Bertz CT molecular complexity index is 1640. The van der Waals surface area contributed by atoms with Crippen molar-refractivity contribution in [2.45, 2.75) is 6.42 Å². The second-order valence-electron chi connectivity index (χ2n) is 8.27. The highest BCUT2D eigenvalue weighted by molar-refractivity contribution is 6.26. The summed E-state index contributed by atoms with van der Waals surface area (Å²) in [6.45, 7) is 0. The van der Waals surface area contributed by atoms with Crippen LogP contribution in [0.15, 0.2) is 60.7 Å². The molecule has 0 aliphatic heterocycles. The number of benzene rings is 4. The summed E-state index contributed by atoms with van der Waals surface area (Å²) in [5.74, 6) is -5.64. The standard InChI is InChI=1S/C27H18N2O6/c28-24(30)20-18-7-3-6-17(19(18)22(26(32)33)23(27(34)35)21(20)25(29)31)13-8-9-16-14(11-13)10-12-4-1-2-5-15(12)16/h1-9,11H,10H2,(H2,28,30)(H2,29,31)(H,32,33)(H,34,35). The Kier molecular flexibility index (Phi) is 4.87. The molecule has 6 N–H and O–H groups in total. The van der Waals surface area contributed by atoms with E-state index < -0.39 is 46.0 Å². The van der Waals surface area contributed by atoms with Crippen LogP contribution in [0.3, 0.4) is 0 Å². The Morgan fingerprint density at radius 1 is 0.629 bits per heavy atom. The summed E-state index contributed by atoms with van der Waals surface area (Å²) in [7, 11) is 0. The van der Waals surface area contributed by atoms with Crippen molar-refractivity contribution in [3.63, 3.8) is 0 Å². The number of aromatic carboxylic acids is 2. The van der Waals surface area contributed by atoms with Gasteiger partial charge in [0.1, 0.15) is 0 Å². The van der Waals surface area contributed by atoms with Crippen molar-refractivity contribution < 1.29 is 29.4 Å². The highest BCUT2D eigenvalue weighted by Gasteiger charge is 2.33. The first-order valence-corrected chi connectivity index (χ1v) is 10.6. The summed E-state index contributed by atoms with van der Waals surface area (Å²) in [4.78, 5) is 49.2. The fourth-order valence-electron chi connectivity index (χ4n) is 5.02. The minimum Gasteiger partial charge on any atom is -0.478 e. The molecule has 4 aromatic carbocycles. The first-order valence-electron chi connectivity index (χ1n) is 10.6. The van der Waals surface area contributed by atoms with Gasteiger partial charge in [0.2, 0.25) is 11.8 Å². The molecule has 0 heterocycles. The minimum atomic E-state index is -1.71. The number of amides is 2. The summed E-state index contributed by atoms with van der Waals surface area (Å²) in [6.07, 6.45) is 0.689. The fraction of sp³-hybridized carbons (Fsp3) is 0.0370. The monoisotopic (exact) mass is 466 g/mol. The summed E-state index contributed by atoms with van der Waals surface area (Å²) < 4.78 is 0. The number of rotatable bonds is 5. The lowest BCUT2D eigenvalue weighted by Gasteiger charge is -2.18. The van der Waals surface area contributed by atoms with Crippen LogP contribution in [0.5, 0.6) is 0 Å². The topological polar surface area (TPSA) is 161 Å². The zero-order valence-electron chi connectivity index (χ0n) is 18.2. The molecule has 2 amide bonds. The second-order valence-corrected chi connectivity index (χ2v) is 8.27. The number of carbonyl (C=O) groups is 4. The lowest BCUT2D eigenvalue weighted by Crippen LogP contribution is -2.27. The van der Waals surface area contributed by atoms with Gasteiger partial charge < -0.3 is 21.7 Å². The summed E-state index contributed by atoms with van der Waals surface area (Å²) in [6, 6.07) is 18.3. The molecular formula is C27H18N2O6. The van der Waals surface area contributed by atoms with Crippen LogP contribution in [0.2, 0.25) is 0 Å². The molecule has 8 heteroatoms. The maximum Gasteiger partial charge on any atom is 0.337 e. The highest BCUT2D eigenvalue weighted by Crippen LogP contribution is 2.42. The molecule has 8 nitrogen and oxygen atoms in total. The predicted octanol–water partition coefficient (Wildman–Crippen LogP) is 3.67. The average Bonchev–Trinajstić information content (AvgIpc) is 3.19. The van der Waals surface area contributed by atoms with Gasteiger partial charge in [-0.15, -0.1) is 0 Å². The van der Waals surface area contributed by atoms with E-state index in [-0.39, 0.29) is 10.8 Å². The number of primary amides is 2. The van der Waals surface area contributed by atoms with Crippen LogP contribution in [0.4, 0.5) is 0 Å². The fourth-order valence-corrected chi connectivity index (χ4v) is 5.02. The summed E-state index contributed by atoms with van der Waals surface area (Å²) >= 11 is 0. The molecule has 1 aliphatic carbocycles. The van der Waals surface area contributed by atoms with Crippen molar-refractivity contribution in [1.82, 2.24) is 0 Å². The van der Waals surface area contributed by atoms with Crippen LogP contribution in [0.25, 0.3) is 33.0 Å². The number of hydrogen-bond acceptors (Lipinski definition) is 4. The molecule has 1 aliphatic rings. The molecule has 0 aromatic heterocycles. The van der Waals surface area contributed by atoms with Crippen LogP contribution in [0, 0.1) is 0 Å². The largest absolute Gasteiger partial charge is 0.478 e. The van der Waals surface area contributed by atoms with Crippen molar-refractivity contribution >= 4 is 34.5 Å². The van der Waals surface area contributed by atoms with E-state index in [2.05, 4.69) is 0 Å². The van der Waals surface area contributed by atoms with E-state index in [1.54, 1.807) is 12.1 Å². The SMILES string of the molecule is NC(=O)c1c(C(=O)O)c(C(=O)O)c2c(-c3ccc4c(c3)Cc3ccccc3-4)cccc2c1C(N)=O. The van der Waals surface area contributed by atoms with Crippen molar-refractivity contribution in [2.24, 2.45) is 11.5 Å². The second kappa shape index (κ2) is 7.81. The van der Waals surface area contributed by atoms with Crippen LogP contribution in [0.1, 0.15) is 52.6 Å². The normalized spacial score (nSPS) is 11.7. The molecule has 0 fully saturated rings. The number of fused-ring (bicyclic) bond motifs is 4. The first kappa shape index (κ1) is 21.8. The Morgan fingerprint density at radius 2 is 1.26 bits per heavy atom. The zero-order chi connectivity index (χ0) is 25.0. The third-order valence-corrected chi connectivity index (χ3v) is 6.36. The highest BCUT2D eigenvalue weighted by atomic mass is 16.4. The molecule has 172 valence electrons. The Morgan fingerprint density at radius 3 is 1.91 bits per heavy atom. The number of nitrogens with two attached hydrogens (primary N) is 2. The minimum absolute atomic E-state index is 0.00772. The maximum absolute atomic E-state index is 12.4. The van der Waals surface area contributed by atoms with Gasteiger partial charge in [0.15, 0.2) is 0 Å². The van der Waals surface area contributed by atoms with Gasteiger partial charge in [-0.2, -0.15) is 0 Å². The third kappa shape index (κ3) is 3.23. The molecule has 0 spiro atoms. The van der Waals surface area contributed by atoms with E-state index in [0.717, 1.165) is 16.7 Å². The van der Waals surface area contributed by atoms with Gasteiger partial charge in [-0.05, 0) is 45.2 Å². The van der Waals surface area contributed by atoms with E-state index in [1.807, 2.05) is 42.5 Å². The van der Waals surface area contributed by atoms with Crippen molar-refractivity contribution in [3.8, 4) is 22.3 Å². The van der Waals surface area contributed by atoms with Gasteiger partial charge in [-0.3, -0.25) is 9.59 Å². The van der Waals surface area contributed by atoms with Crippen LogP contribution < -0.4 is 11.5 Å². The van der Waals surface area contributed by atoms with Gasteiger partial charge in [0, 0.05) is 5.39 Å². The average molecular weight is 466 g/mol. The lowest BCUT2D eigenvalue weighted by atomic mass is 9.84. The Labute approximate surface area is 198 Å². The van der Waals surface area contributed by atoms with Crippen molar-refractivity contribution in [3.05, 3.63) is 94.0 Å². The molecule has 0 unspecified atom stereocenters. The third-order valence-electron chi connectivity index (χ3n) is 6.36. The molecule has 4 aromatic rings. The van der Waals surface area contributed by atoms with Gasteiger partial charge >= 0.3 is 11.9 Å². The molecule has 0 saturated heterocycles. The van der Waals surface area contributed by atoms with Crippen molar-refractivity contribution in [1.29, 1.82) is 0 Å². The number of carboxylic acids is 2.